The highest BCUT2D eigenvalue weighted by Crippen LogP contribution is 2.29. The van der Waals surface area contributed by atoms with Gasteiger partial charge in [0.1, 0.15) is 0 Å². The van der Waals surface area contributed by atoms with Crippen LogP contribution < -0.4 is 0 Å². The van der Waals surface area contributed by atoms with Crippen LogP contribution in [0, 0.1) is 11.3 Å². The fraction of sp³-hybridized carbons (Fsp3) is 0.421. The predicted molar refractivity (Wildman–Crippen MR) is 92.5 cm³/mol. The van der Waals surface area contributed by atoms with E-state index in [1.807, 2.05) is 19.9 Å². The maximum Gasteiger partial charge on any atom is 0.256 e. The largest absolute Gasteiger partial charge is 0.338 e. The molecule has 0 N–H and O–H groups in total. The van der Waals surface area contributed by atoms with Crippen molar-refractivity contribution in [3.05, 3.63) is 47.3 Å². The Kier molecular flexibility index (Phi) is 4.77. The van der Waals surface area contributed by atoms with Gasteiger partial charge in [-0.05, 0) is 30.2 Å². The Morgan fingerprint density at radius 1 is 1.27 bits per heavy atom. The number of amides is 1. The van der Waals surface area contributed by atoms with Gasteiger partial charge in [-0.3, -0.25) is 4.79 Å². The number of piperidine rings is 1. The van der Waals surface area contributed by atoms with E-state index in [2.05, 4.69) is 11.2 Å². The summed E-state index contributed by atoms with van der Waals surface area (Å²) in [7, 11) is 0. The molecule has 1 aromatic heterocycles. The maximum absolute atomic E-state index is 13.4. The van der Waals surface area contributed by atoms with Crippen molar-refractivity contribution < 1.29 is 13.6 Å². The molecule has 2 heterocycles. The van der Waals surface area contributed by atoms with Crippen LogP contribution in [0.25, 0.3) is 5.69 Å². The Morgan fingerprint density at radius 3 is 2.54 bits per heavy atom. The van der Waals surface area contributed by atoms with Crippen LogP contribution in [0.3, 0.4) is 0 Å². The molecule has 7 heteroatoms. The smallest absolute Gasteiger partial charge is 0.256 e. The van der Waals surface area contributed by atoms with Gasteiger partial charge in [0.05, 0.1) is 28.6 Å². The highest BCUT2D eigenvalue weighted by molar-refractivity contribution is 5.98. The van der Waals surface area contributed by atoms with Crippen molar-refractivity contribution >= 4 is 5.91 Å². The van der Waals surface area contributed by atoms with E-state index in [0.717, 1.165) is 5.69 Å². The molecular weight excluding hydrogens is 338 g/mol. The Balaban J connectivity index is 1.96. The van der Waals surface area contributed by atoms with Gasteiger partial charge in [-0.2, -0.15) is 10.4 Å². The van der Waals surface area contributed by atoms with Gasteiger partial charge < -0.3 is 4.90 Å². The second-order valence-corrected chi connectivity index (χ2v) is 6.83. The van der Waals surface area contributed by atoms with Gasteiger partial charge in [0.2, 0.25) is 0 Å². The van der Waals surface area contributed by atoms with Crippen LogP contribution in [0.15, 0.2) is 30.5 Å². The second kappa shape index (κ2) is 6.87. The van der Waals surface area contributed by atoms with Crippen LogP contribution in [0.2, 0.25) is 0 Å². The number of nitrogens with zero attached hydrogens (tertiary/aromatic N) is 4. The van der Waals surface area contributed by atoms with Gasteiger partial charge in [-0.15, -0.1) is 0 Å². The molecule has 0 atom stereocenters. The van der Waals surface area contributed by atoms with Gasteiger partial charge >= 0.3 is 0 Å². The number of hydrogen-bond donors (Lipinski definition) is 0. The van der Waals surface area contributed by atoms with E-state index in [0.29, 0.717) is 16.8 Å². The van der Waals surface area contributed by atoms with Crippen molar-refractivity contribution in [3.8, 4) is 11.8 Å². The van der Waals surface area contributed by atoms with Gasteiger partial charge in [0.25, 0.3) is 11.8 Å². The van der Waals surface area contributed by atoms with Crippen LogP contribution in [-0.2, 0) is 0 Å². The number of benzene rings is 1. The molecule has 3 rings (SSSR count). The topological polar surface area (TPSA) is 61.9 Å². The molecule has 0 radical (unpaired) electrons. The number of carbonyl (C=O) groups is 1. The first kappa shape index (κ1) is 18.1. The first-order valence-corrected chi connectivity index (χ1v) is 8.58. The Hall–Kier alpha value is -2.75. The standard InChI is InChI=1S/C19H20F2N4O/c1-13(2)16-5-8-25(23-16)17-11-14(12-22)3-4-15(17)18(26)24-9-6-19(20,21)7-10-24/h3-5,8,11,13H,6-7,9-10H2,1-2H3. The highest BCUT2D eigenvalue weighted by Gasteiger charge is 2.36. The van der Waals surface area contributed by atoms with E-state index in [1.165, 1.54) is 4.90 Å². The summed E-state index contributed by atoms with van der Waals surface area (Å²) in [5.41, 5.74) is 2.11. The Labute approximate surface area is 150 Å². The second-order valence-electron chi connectivity index (χ2n) is 6.83. The molecule has 1 saturated heterocycles. The third-order valence-electron chi connectivity index (χ3n) is 4.59. The fourth-order valence-electron chi connectivity index (χ4n) is 2.96. The van der Waals surface area contributed by atoms with Gasteiger partial charge in [-0.25, -0.2) is 13.5 Å². The van der Waals surface area contributed by atoms with Gasteiger partial charge in [0, 0.05) is 32.1 Å². The number of rotatable bonds is 3. The SMILES string of the molecule is CC(C)c1ccn(-c2cc(C#N)ccc2C(=O)N2CCC(F)(F)CC2)n1. The van der Waals surface area contributed by atoms with Gasteiger partial charge in [-0.1, -0.05) is 13.8 Å². The zero-order chi connectivity index (χ0) is 18.9. The molecule has 2 aromatic rings. The Morgan fingerprint density at radius 2 is 1.96 bits per heavy atom. The zero-order valence-corrected chi connectivity index (χ0v) is 14.7. The normalized spacial score (nSPS) is 16.5. The monoisotopic (exact) mass is 358 g/mol. The molecule has 0 spiro atoms. The van der Waals surface area contributed by atoms with Crippen molar-refractivity contribution in [2.45, 2.75) is 38.5 Å². The molecule has 0 bridgehead atoms. The lowest BCUT2D eigenvalue weighted by Crippen LogP contribution is -2.43. The summed E-state index contributed by atoms with van der Waals surface area (Å²) in [6.07, 6.45) is 1.08. The maximum atomic E-state index is 13.4. The van der Waals surface area contributed by atoms with Crippen LogP contribution in [0.1, 0.15) is 54.2 Å². The molecule has 1 fully saturated rings. The van der Waals surface area contributed by atoms with E-state index in [4.69, 9.17) is 0 Å². The lowest BCUT2D eigenvalue weighted by molar-refractivity contribution is -0.0494. The Bertz CT molecular complexity index is 857. The van der Waals surface area contributed by atoms with Crippen molar-refractivity contribution in [1.29, 1.82) is 5.26 Å². The lowest BCUT2D eigenvalue weighted by Gasteiger charge is -2.32. The van der Waals surface area contributed by atoms with Crippen molar-refractivity contribution in [2.75, 3.05) is 13.1 Å². The number of nitriles is 1. The van der Waals surface area contributed by atoms with Crippen LogP contribution >= 0.6 is 0 Å². The molecule has 1 aliphatic rings. The minimum atomic E-state index is -2.71. The number of alkyl halides is 2. The van der Waals surface area contributed by atoms with E-state index in [9.17, 15) is 18.8 Å². The highest BCUT2D eigenvalue weighted by atomic mass is 19.3. The summed E-state index contributed by atoms with van der Waals surface area (Å²) in [5, 5.41) is 13.7. The number of halogens is 2. The first-order valence-electron chi connectivity index (χ1n) is 8.58. The van der Waals surface area contributed by atoms with E-state index in [-0.39, 0.29) is 37.8 Å². The van der Waals surface area contributed by atoms with Crippen molar-refractivity contribution in [1.82, 2.24) is 14.7 Å². The first-order chi connectivity index (χ1) is 12.3. The molecule has 1 aromatic carbocycles. The van der Waals surface area contributed by atoms with E-state index in [1.54, 1.807) is 29.1 Å². The molecule has 0 saturated carbocycles. The number of likely N-dealkylation sites (tertiary alicyclic amines) is 1. The predicted octanol–water partition coefficient (Wildman–Crippen LogP) is 3.74. The summed E-state index contributed by atoms with van der Waals surface area (Å²) in [6.45, 7) is 4.06. The lowest BCUT2D eigenvalue weighted by atomic mass is 10.0. The molecule has 0 unspecified atom stereocenters. The average Bonchev–Trinajstić information content (AvgIpc) is 3.11. The third kappa shape index (κ3) is 3.59. The van der Waals surface area contributed by atoms with Crippen molar-refractivity contribution in [3.63, 3.8) is 0 Å². The minimum Gasteiger partial charge on any atom is -0.338 e. The van der Waals surface area contributed by atoms with E-state index >= 15 is 0 Å². The quantitative estimate of drug-likeness (QED) is 0.840. The summed E-state index contributed by atoms with van der Waals surface area (Å²) >= 11 is 0. The molecule has 1 amide bonds. The number of hydrogen-bond acceptors (Lipinski definition) is 3. The van der Waals surface area contributed by atoms with Crippen molar-refractivity contribution in [2.24, 2.45) is 0 Å². The minimum absolute atomic E-state index is 0.0155. The van der Waals surface area contributed by atoms with Gasteiger partial charge in [0.15, 0.2) is 0 Å². The summed E-state index contributed by atoms with van der Waals surface area (Å²) in [4.78, 5) is 14.3. The number of carbonyl (C=O) groups excluding carboxylic acids is 1. The average molecular weight is 358 g/mol. The summed E-state index contributed by atoms with van der Waals surface area (Å²) in [6, 6.07) is 8.65. The summed E-state index contributed by atoms with van der Waals surface area (Å²) < 4.78 is 28.3. The number of aromatic nitrogens is 2. The fourth-order valence-corrected chi connectivity index (χ4v) is 2.96. The summed E-state index contributed by atoms with van der Waals surface area (Å²) in [5.74, 6) is -2.81. The molecule has 1 aliphatic heterocycles. The molecule has 5 nitrogen and oxygen atoms in total. The van der Waals surface area contributed by atoms with E-state index < -0.39 is 5.92 Å². The third-order valence-corrected chi connectivity index (χ3v) is 4.59. The van der Waals surface area contributed by atoms with Crippen LogP contribution in [0.4, 0.5) is 8.78 Å². The molecule has 136 valence electrons. The molecular formula is C19H20F2N4O. The van der Waals surface area contributed by atoms with Crippen LogP contribution in [-0.4, -0.2) is 39.6 Å². The molecule has 0 aliphatic carbocycles. The molecule has 26 heavy (non-hydrogen) atoms. The zero-order valence-electron chi connectivity index (χ0n) is 14.7. The van der Waals surface area contributed by atoms with Crippen LogP contribution in [0.5, 0.6) is 0 Å².